The lowest BCUT2D eigenvalue weighted by atomic mass is 10.2. The minimum atomic E-state index is 0.687. The highest BCUT2D eigenvalue weighted by Gasteiger charge is 1.90. The fraction of sp³-hybridized carbons (Fsp3) is 0.333. The van der Waals surface area contributed by atoms with Crippen molar-refractivity contribution in [2.45, 2.75) is 13.0 Å². The maximum absolute atomic E-state index is 5.46. The van der Waals surface area contributed by atoms with Gasteiger partial charge in [0.25, 0.3) is 0 Å². The zero-order valence-corrected chi connectivity index (χ0v) is 9.26. The van der Waals surface area contributed by atoms with Gasteiger partial charge in [0.2, 0.25) is 0 Å². The first kappa shape index (κ1) is 11.2. The maximum atomic E-state index is 5.46. The lowest BCUT2D eigenvalue weighted by molar-refractivity contribution is 0.126. The van der Waals surface area contributed by atoms with E-state index in [0.717, 1.165) is 24.8 Å². The first-order chi connectivity index (χ1) is 6.93. The van der Waals surface area contributed by atoms with Crippen molar-refractivity contribution < 1.29 is 4.74 Å². The van der Waals surface area contributed by atoms with Gasteiger partial charge < -0.3 is 4.74 Å². The van der Waals surface area contributed by atoms with Gasteiger partial charge in [0.1, 0.15) is 11.5 Å². The van der Waals surface area contributed by atoms with Crippen LogP contribution in [0.5, 0.6) is 0 Å². The molecule has 1 nitrogen and oxygen atoms in total. The Morgan fingerprint density at radius 1 is 1.29 bits per heavy atom. The van der Waals surface area contributed by atoms with Crippen molar-refractivity contribution in [1.82, 2.24) is 0 Å². The highest BCUT2D eigenvalue weighted by atomic mass is 32.2. The summed E-state index contributed by atoms with van der Waals surface area (Å²) in [6.07, 6.45) is 2.85. The Labute approximate surface area is 89.9 Å². The summed E-state index contributed by atoms with van der Waals surface area (Å²) >= 11 is 1.13. The van der Waals surface area contributed by atoms with E-state index in [0.29, 0.717) is 6.61 Å². The number of hydrogen-bond donors (Lipinski definition) is 0. The molecular formula is C12H15OS+. The van der Waals surface area contributed by atoms with E-state index in [4.69, 9.17) is 4.74 Å². The first-order valence-corrected chi connectivity index (χ1v) is 5.96. The molecule has 0 saturated carbocycles. The predicted octanol–water partition coefficient (Wildman–Crippen LogP) is 2.00. The molecule has 0 radical (unpaired) electrons. The molecular weight excluding hydrogens is 192 g/mol. The zero-order chi connectivity index (χ0) is 10.1. The van der Waals surface area contributed by atoms with Crippen molar-refractivity contribution in [3.8, 4) is 11.2 Å². The highest BCUT2D eigenvalue weighted by Crippen LogP contribution is 2.00. The topological polar surface area (TPSA) is 9.23 Å². The van der Waals surface area contributed by atoms with E-state index in [-0.39, 0.29) is 0 Å². The van der Waals surface area contributed by atoms with Crippen molar-refractivity contribution in [1.29, 1.82) is 0 Å². The lowest BCUT2D eigenvalue weighted by Gasteiger charge is -2.00. The summed E-state index contributed by atoms with van der Waals surface area (Å²) in [6, 6.07) is 10.2. The van der Waals surface area contributed by atoms with Gasteiger partial charge in [-0.25, -0.2) is 0 Å². The van der Waals surface area contributed by atoms with Crippen molar-refractivity contribution in [3.63, 3.8) is 0 Å². The average Bonchev–Trinajstić information content (AvgIpc) is 2.25. The molecule has 1 aromatic rings. The molecule has 0 aromatic heterocycles. The van der Waals surface area contributed by atoms with Crippen LogP contribution in [-0.4, -0.2) is 12.9 Å². The smallest absolute Gasteiger partial charge is 0.149 e. The third-order valence-electron chi connectivity index (χ3n) is 1.67. The molecule has 0 bridgehead atoms. The normalized spacial score (nSPS) is 9.21. The molecule has 0 fully saturated rings. The minimum Gasteiger partial charge on any atom is -0.376 e. The van der Waals surface area contributed by atoms with E-state index in [9.17, 15) is 0 Å². The number of rotatable bonds is 4. The molecule has 2 heteroatoms. The second-order valence-electron chi connectivity index (χ2n) is 2.80. The fourth-order valence-electron chi connectivity index (χ4n) is 1.02. The van der Waals surface area contributed by atoms with E-state index in [2.05, 4.69) is 23.3 Å². The Morgan fingerprint density at radius 3 is 2.79 bits per heavy atom. The molecule has 0 aliphatic rings. The zero-order valence-electron chi connectivity index (χ0n) is 8.36. The summed E-state index contributed by atoms with van der Waals surface area (Å²) in [5.74, 6) is 3.03. The molecule has 0 aliphatic carbocycles. The molecule has 0 unspecified atom stereocenters. The SMILES string of the molecule is C[SH+]C#CCCOCc1ccccc1. The number of thiol groups is 1. The van der Waals surface area contributed by atoms with Gasteiger partial charge in [-0.2, -0.15) is 0 Å². The third-order valence-corrected chi connectivity index (χ3v) is 2.06. The van der Waals surface area contributed by atoms with E-state index in [1.54, 1.807) is 0 Å². The molecule has 0 atom stereocenters. The van der Waals surface area contributed by atoms with Gasteiger partial charge >= 0.3 is 0 Å². The Kier molecular flexibility index (Phi) is 5.97. The molecule has 74 valence electrons. The van der Waals surface area contributed by atoms with Gasteiger partial charge in [-0.15, -0.1) is 0 Å². The van der Waals surface area contributed by atoms with Crippen LogP contribution >= 0.6 is 0 Å². The van der Waals surface area contributed by atoms with E-state index in [1.807, 2.05) is 24.5 Å². The first-order valence-electron chi connectivity index (χ1n) is 4.62. The van der Waals surface area contributed by atoms with E-state index in [1.165, 1.54) is 5.56 Å². The largest absolute Gasteiger partial charge is 0.376 e. The summed E-state index contributed by atoms with van der Waals surface area (Å²) in [5, 5.41) is 2.99. The van der Waals surface area contributed by atoms with Crippen LogP contribution in [0, 0.1) is 11.2 Å². The van der Waals surface area contributed by atoms with Gasteiger partial charge in [0, 0.05) is 6.42 Å². The average molecular weight is 207 g/mol. The van der Waals surface area contributed by atoms with Crippen LogP contribution < -0.4 is 0 Å². The molecule has 14 heavy (non-hydrogen) atoms. The van der Waals surface area contributed by atoms with Crippen LogP contribution in [0.1, 0.15) is 12.0 Å². The summed E-state index contributed by atoms with van der Waals surface area (Å²) in [5.41, 5.74) is 1.22. The van der Waals surface area contributed by atoms with E-state index < -0.39 is 0 Å². The molecule has 0 N–H and O–H groups in total. The molecule has 0 heterocycles. The van der Waals surface area contributed by atoms with Crippen LogP contribution in [0.2, 0.25) is 0 Å². The summed E-state index contributed by atoms with van der Waals surface area (Å²) < 4.78 is 5.46. The minimum absolute atomic E-state index is 0.687. The monoisotopic (exact) mass is 207 g/mol. The van der Waals surface area contributed by atoms with Crippen LogP contribution in [-0.2, 0) is 23.1 Å². The van der Waals surface area contributed by atoms with Crippen molar-refractivity contribution >= 4 is 11.8 Å². The molecule has 0 amide bonds. The maximum Gasteiger partial charge on any atom is 0.149 e. The van der Waals surface area contributed by atoms with Crippen LogP contribution in [0.15, 0.2) is 30.3 Å². The predicted molar refractivity (Wildman–Crippen MR) is 63.2 cm³/mol. The van der Waals surface area contributed by atoms with Crippen LogP contribution in [0.4, 0.5) is 0 Å². The third kappa shape index (κ3) is 4.96. The Morgan fingerprint density at radius 2 is 2.07 bits per heavy atom. The Bertz CT molecular complexity index is 297. The standard InChI is InChI=1S/C12H14OS/c1-14-10-6-5-9-13-11-12-7-3-2-4-8-12/h2-4,7-8H,5,9,11H2,1H3/p+1. The van der Waals surface area contributed by atoms with E-state index >= 15 is 0 Å². The van der Waals surface area contributed by atoms with Gasteiger partial charge in [0.15, 0.2) is 0 Å². The Hall–Kier alpha value is -0.910. The summed E-state index contributed by atoms with van der Waals surface area (Å²) in [7, 11) is 0. The second kappa shape index (κ2) is 7.49. The van der Waals surface area contributed by atoms with Crippen molar-refractivity contribution in [2.75, 3.05) is 12.9 Å². The quantitative estimate of drug-likeness (QED) is 0.317. The van der Waals surface area contributed by atoms with Crippen molar-refractivity contribution in [2.24, 2.45) is 0 Å². The van der Waals surface area contributed by atoms with Gasteiger partial charge in [-0.3, -0.25) is 0 Å². The van der Waals surface area contributed by atoms with Crippen molar-refractivity contribution in [3.05, 3.63) is 35.9 Å². The fourth-order valence-corrected chi connectivity index (χ4v) is 1.29. The van der Waals surface area contributed by atoms with Gasteiger partial charge in [0.05, 0.1) is 25.0 Å². The number of ether oxygens (including phenoxy) is 1. The lowest BCUT2D eigenvalue weighted by Crippen LogP contribution is -1.93. The van der Waals surface area contributed by atoms with Crippen LogP contribution in [0.3, 0.4) is 0 Å². The molecule has 0 saturated heterocycles. The number of benzene rings is 1. The van der Waals surface area contributed by atoms with Gasteiger partial charge in [-0.05, 0) is 11.5 Å². The van der Waals surface area contributed by atoms with Crippen LogP contribution in [0.25, 0.3) is 0 Å². The summed E-state index contributed by atoms with van der Waals surface area (Å²) in [6.45, 7) is 1.41. The molecule has 1 aromatic carbocycles. The van der Waals surface area contributed by atoms with Gasteiger partial charge in [-0.1, -0.05) is 30.3 Å². The Balaban J connectivity index is 2.10. The number of hydrogen-bond acceptors (Lipinski definition) is 1. The molecule has 0 spiro atoms. The second-order valence-corrected chi connectivity index (χ2v) is 3.47. The molecule has 1 rings (SSSR count). The highest BCUT2D eigenvalue weighted by molar-refractivity contribution is 7.82. The summed E-state index contributed by atoms with van der Waals surface area (Å²) in [4.78, 5) is 0. The molecule has 0 aliphatic heterocycles.